The van der Waals surface area contributed by atoms with Crippen LogP contribution in [0.4, 0.5) is 5.69 Å². The zero-order valence-electron chi connectivity index (χ0n) is 13.2. The fourth-order valence-electron chi connectivity index (χ4n) is 2.12. The smallest absolute Gasteiger partial charge is 0.269 e. The van der Waals surface area contributed by atoms with Gasteiger partial charge in [0, 0.05) is 24.3 Å². The normalized spacial score (nSPS) is 12.3. The van der Waals surface area contributed by atoms with Gasteiger partial charge < -0.3 is 5.32 Å². The first-order valence-electron chi connectivity index (χ1n) is 7.76. The fraction of sp³-hybridized carbons (Fsp3) is 0.471. The first-order chi connectivity index (χ1) is 10.5. The Kier molecular flexibility index (Phi) is 7.89. The zero-order valence-corrected chi connectivity index (χ0v) is 13.2. The van der Waals surface area contributed by atoms with Gasteiger partial charge in [0.05, 0.1) is 4.92 Å². The van der Waals surface area contributed by atoms with Gasteiger partial charge in [-0.05, 0) is 37.1 Å². The summed E-state index contributed by atoms with van der Waals surface area (Å²) < 4.78 is 0. The number of amides is 1. The van der Waals surface area contributed by atoms with Crippen molar-refractivity contribution in [2.75, 3.05) is 0 Å². The van der Waals surface area contributed by atoms with Crippen molar-refractivity contribution < 1.29 is 9.72 Å². The first-order valence-corrected chi connectivity index (χ1v) is 7.76. The van der Waals surface area contributed by atoms with Gasteiger partial charge in [0.1, 0.15) is 0 Å². The van der Waals surface area contributed by atoms with Crippen LogP contribution in [0.2, 0.25) is 0 Å². The second-order valence-electron chi connectivity index (χ2n) is 5.44. The summed E-state index contributed by atoms with van der Waals surface area (Å²) in [5.74, 6) is -0.138. The molecule has 22 heavy (non-hydrogen) atoms. The van der Waals surface area contributed by atoms with Crippen LogP contribution in [0.3, 0.4) is 0 Å². The molecule has 0 spiro atoms. The number of nitro benzene ring substituents is 1. The second-order valence-corrected chi connectivity index (χ2v) is 5.44. The van der Waals surface area contributed by atoms with Gasteiger partial charge in [-0.25, -0.2) is 0 Å². The number of hydrogen-bond acceptors (Lipinski definition) is 3. The lowest BCUT2D eigenvalue weighted by atomic mass is 10.1. The van der Waals surface area contributed by atoms with Crippen molar-refractivity contribution in [2.45, 2.75) is 52.0 Å². The van der Waals surface area contributed by atoms with Crippen LogP contribution in [0.25, 0.3) is 6.08 Å². The Hall–Kier alpha value is -2.17. The Morgan fingerprint density at radius 3 is 2.55 bits per heavy atom. The van der Waals surface area contributed by atoms with E-state index in [-0.39, 0.29) is 17.6 Å². The number of carbonyl (C=O) groups excluding carboxylic acids is 1. The molecule has 0 saturated heterocycles. The molecular formula is C17H24N2O3. The van der Waals surface area contributed by atoms with Crippen LogP contribution in [0.15, 0.2) is 30.3 Å². The van der Waals surface area contributed by atoms with E-state index < -0.39 is 4.92 Å². The predicted octanol–water partition coefficient (Wildman–Crippen LogP) is 4.08. The SMILES string of the molecule is CCCCCCC(C)NC(=O)C=Cc1ccc([N+](=O)[O-])cc1. The summed E-state index contributed by atoms with van der Waals surface area (Å²) in [7, 11) is 0. The minimum Gasteiger partial charge on any atom is -0.350 e. The van der Waals surface area contributed by atoms with Crippen LogP contribution < -0.4 is 5.32 Å². The maximum Gasteiger partial charge on any atom is 0.269 e. The van der Waals surface area contributed by atoms with Gasteiger partial charge in [0.2, 0.25) is 5.91 Å². The molecule has 1 rings (SSSR count). The van der Waals surface area contributed by atoms with Gasteiger partial charge >= 0.3 is 0 Å². The highest BCUT2D eigenvalue weighted by Gasteiger charge is 2.05. The summed E-state index contributed by atoms with van der Waals surface area (Å²) in [6.07, 6.45) is 8.87. The molecule has 0 heterocycles. The number of nitrogens with zero attached hydrogens (tertiary/aromatic N) is 1. The van der Waals surface area contributed by atoms with E-state index in [2.05, 4.69) is 12.2 Å². The van der Waals surface area contributed by atoms with E-state index in [1.807, 2.05) is 6.92 Å². The Bertz CT molecular complexity index is 509. The van der Waals surface area contributed by atoms with Gasteiger partial charge in [0.15, 0.2) is 0 Å². The molecule has 5 heteroatoms. The summed E-state index contributed by atoms with van der Waals surface area (Å²) in [4.78, 5) is 21.9. The molecule has 0 radical (unpaired) electrons. The van der Waals surface area contributed by atoms with Crippen LogP contribution in [-0.4, -0.2) is 16.9 Å². The van der Waals surface area contributed by atoms with Gasteiger partial charge in [-0.1, -0.05) is 32.6 Å². The minimum atomic E-state index is -0.444. The third-order valence-electron chi connectivity index (χ3n) is 3.41. The summed E-state index contributed by atoms with van der Waals surface area (Å²) in [5, 5.41) is 13.5. The molecule has 120 valence electrons. The quantitative estimate of drug-likeness (QED) is 0.323. The highest BCUT2D eigenvalue weighted by molar-refractivity contribution is 5.91. The Morgan fingerprint density at radius 1 is 1.27 bits per heavy atom. The van der Waals surface area contributed by atoms with Crippen molar-refractivity contribution in [3.8, 4) is 0 Å². The first kappa shape index (κ1) is 17.9. The lowest BCUT2D eigenvalue weighted by molar-refractivity contribution is -0.384. The van der Waals surface area contributed by atoms with Crippen molar-refractivity contribution in [3.63, 3.8) is 0 Å². The van der Waals surface area contributed by atoms with Crippen LogP contribution in [0, 0.1) is 10.1 Å². The molecule has 1 unspecified atom stereocenters. The highest BCUT2D eigenvalue weighted by Crippen LogP contribution is 2.12. The van der Waals surface area contributed by atoms with Crippen molar-refractivity contribution in [3.05, 3.63) is 46.0 Å². The van der Waals surface area contributed by atoms with Gasteiger partial charge in [-0.2, -0.15) is 0 Å². The average molecular weight is 304 g/mol. The Balaban J connectivity index is 2.38. The van der Waals surface area contributed by atoms with E-state index in [1.54, 1.807) is 18.2 Å². The standard InChI is InChI=1S/C17H24N2O3/c1-3-4-5-6-7-14(2)18-17(20)13-10-15-8-11-16(12-9-15)19(21)22/h8-14H,3-7H2,1-2H3,(H,18,20). The van der Waals surface area contributed by atoms with Gasteiger partial charge in [-0.3, -0.25) is 14.9 Å². The molecule has 0 aromatic heterocycles. The van der Waals surface area contributed by atoms with Crippen LogP contribution in [0.5, 0.6) is 0 Å². The lowest BCUT2D eigenvalue weighted by Crippen LogP contribution is -2.30. The summed E-state index contributed by atoms with van der Waals surface area (Å²) >= 11 is 0. The van der Waals surface area contributed by atoms with E-state index in [4.69, 9.17) is 0 Å². The average Bonchev–Trinajstić information content (AvgIpc) is 2.50. The summed E-state index contributed by atoms with van der Waals surface area (Å²) in [5.41, 5.74) is 0.804. The largest absolute Gasteiger partial charge is 0.350 e. The number of nitro groups is 1. The molecule has 5 nitrogen and oxygen atoms in total. The molecule has 1 aromatic carbocycles. The van der Waals surface area contributed by atoms with Crippen molar-refractivity contribution in [2.24, 2.45) is 0 Å². The predicted molar refractivity (Wildman–Crippen MR) is 88.5 cm³/mol. The molecule has 0 fully saturated rings. The zero-order chi connectivity index (χ0) is 16.4. The number of hydrogen-bond donors (Lipinski definition) is 1. The van der Waals surface area contributed by atoms with E-state index >= 15 is 0 Å². The Morgan fingerprint density at radius 2 is 1.95 bits per heavy atom. The summed E-state index contributed by atoms with van der Waals surface area (Å²) in [6.45, 7) is 4.18. The van der Waals surface area contributed by atoms with Crippen molar-refractivity contribution in [1.82, 2.24) is 5.32 Å². The molecule has 0 aliphatic heterocycles. The fourth-order valence-corrected chi connectivity index (χ4v) is 2.12. The number of benzene rings is 1. The maximum atomic E-state index is 11.8. The molecular weight excluding hydrogens is 280 g/mol. The van der Waals surface area contributed by atoms with Crippen LogP contribution in [0.1, 0.15) is 51.5 Å². The molecule has 0 bridgehead atoms. The van der Waals surface area contributed by atoms with Crippen LogP contribution in [-0.2, 0) is 4.79 Å². The number of non-ortho nitro benzene ring substituents is 1. The monoisotopic (exact) mass is 304 g/mol. The molecule has 1 N–H and O–H groups in total. The number of carbonyl (C=O) groups is 1. The molecule has 0 aliphatic rings. The van der Waals surface area contributed by atoms with Crippen molar-refractivity contribution >= 4 is 17.7 Å². The van der Waals surface area contributed by atoms with Gasteiger partial charge in [0.25, 0.3) is 5.69 Å². The van der Waals surface area contributed by atoms with E-state index in [1.165, 1.54) is 37.5 Å². The second kappa shape index (κ2) is 9.71. The third kappa shape index (κ3) is 7.02. The number of nitrogens with one attached hydrogen (secondary N) is 1. The number of unbranched alkanes of at least 4 members (excludes halogenated alkanes) is 3. The lowest BCUT2D eigenvalue weighted by Gasteiger charge is -2.11. The van der Waals surface area contributed by atoms with Crippen LogP contribution >= 0.6 is 0 Å². The minimum absolute atomic E-state index is 0.0438. The molecule has 1 amide bonds. The van der Waals surface area contributed by atoms with E-state index in [9.17, 15) is 14.9 Å². The topological polar surface area (TPSA) is 72.2 Å². The molecule has 1 aromatic rings. The van der Waals surface area contributed by atoms with E-state index in [0.717, 1.165) is 18.4 Å². The molecule has 0 saturated carbocycles. The number of rotatable bonds is 9. The maximum absolute atomic E-state index is 11.8. The molecule has 1 atom stereocenters. The third-order valence-corrected chi connectivity index (χ3v) is 3.41. The summed E-state index contributed by atoms with van der Waals surface area (Å²) in [6, 6.07) is 6.25. The molecule has 0 aliphatic carbocycles. The van der Waals surface area contributed by atoms with E-state index in [0.29, 0.717) is 0 Å². The van der Waals surface area contributed by atoms with Crippen molar-refractivity contribution in [1.29, 1.82) is 0 Å². The Labute approximate surface area is 131 Å². The highest BCUT2D eigenvalue weighted by atomic mass is 16.6. The van der Waals surface area contributed by atoms with Gasteiger partial charge in [-0.15, -0.1) is 0 Å².